The molecule has 0 bridgehead atoms. The summed E-state index contributed by atoms with van der Waals surface area (Å²) >= 11 is 0. The molecule has 0 aliphatic carbocycles. The van der Waals surface area contributed by atoms with Crippen molar-refractivity contribution in [3.05, 3.63) is 40.9 Å². The number of aromatic nitrogens is 1. The lowest BCUT2D eigenvalue weighted by Gasteiger charge is -2.12. The molecule has 2 rings (SSSR count). The molecule has 0 atom stereocenters. The number of carbonyl (C=O) groups excluding carboxylic acids is 1. The van der Waals surface area contributed by atoms with Gasteiger partial charge in [0.05, 0.1) is 52.0 Å². The molecule has 11 heteroatoms. The third-order valence-corrected chi connectivity index (χ3v) is 5.40. The number of pyridine rings is 1. The van der Waals surface area contributed by atoms with E-state index in [1.54, 1.807) is 12.1 Å². The summed E-state index contributed by atoms with van der Waals surface area (Å²) in [6, 6.07) is 4.78. The molecular formula is C20H25N3O7S. The van der Waals surface area contributed by atoms with Gasteiger partial charge in [-0.1, -0.05) is 0 Å². The topological polar surface area (TPSA) is 139 Å². The molecule has 0 aliphatic rings. The van der Waals surface area contributed by atoms with E-state index < -0.39 is 15.7 Å². The highest BCUT2D eigenvalue weighted by Crippen LogP contribution is 2.35. The number of primary amides is 1. The predicted octanol–water partition coefficient (Wildman–Crippen LogP) is 1.60. The number of nitrogens with two attached hydrogens (primary N) is 1. The molecule has 168 valence electrons. The fourth-order valence-electron chi connectivity index (χ4n) is 2.70. The van der Waals surface area contributed by atoms with Crippen LogP contribution in [0.5, 0.6) is 23.1 Å². The van der Waals surface area contributed by atoms with Crippen LogP contribution in [0.2, 0.25) is 0 Å². The molecule has 0 unspecified atom stereocenters. The van der Waals surface area contributed by atoms with Crippen LogP contribution in [0.15, 0.2) is 29.8 Å². The van der Waals surface area contributed by atoms with Gasteiger partial charge in [-0.15, -0.1) is 0 Å². The molecule has 31 heavy (non-hydrogen) atoms. The number of anilines is 1. The predicted molar refractivity (Wildman–Crippen MR) is 116 cm³/mol. The highest BCUT2D eigenvalue weighted by molar-refractivity contribution is 7.93. The first-order valence-corrected chi connectivity index (χ1v) is 10.7. The maximum absolute atomic E-state index is 12.7. The minimum absolute atomic E-state index is 0.148. The average Bonchev–Trinajstić information content (AvgIpc) is 2.75. The monoisotopic (exact) mass is 451 g/mol. The molecule has 3 N–H and O–H groups in total. The van der Waals surface area contributed by atoms with Gasteiger partial charge in [0.2, 0.25) is 11.8 Å². The number of methoxy groups -OCH3 is 4. The maximum Gasteiger partial charge on any atom is 0.237 e. The van der Waals surface area contributed by atoms with Crippen LogP contribution in [-0.4, -0.2) is 54.3 Å². The van der Waals surface area contributed by atoms with Gasteiger partial charge < -0.3 is 30.0 Å². The summed E-state index contributed by atoms with van der Waals surface area (Å²) < 4.78 is 46.3. The van der Waals surface area contributed by atoms with Crippen LogP contribution in [0, 0.1) is 0 Å². The summed E-state index contributed by atoms with van der Waals surface area (Å²) in [5.41, 5.74) is 6.34. The Morgan fingerprint density at radius 1 is 1.06 bits per heavy atom. The van der Waals surface area contributed by atoms with Crippen molar-refractivity contribution >= 4 is 27.5 Å². The van der Waals surface area contributed by atoms with Crippen LogP contribution >= 0.6 is 0 Å². The van der Waals surface area contributed by atoms with E-state index in [1.165, 1.54) is 46.8 Å². The Kier molecular flexibility index (Phi) is 8.08. The van der Waals surface area contributed by atoms with E-state index >= 15 is 0 Å². The first-order chi connectivity index (χ1) is 14.7. The third kappa shape index (κ3) is 6.51. The number of carbonyl (C=O) groups is 1. The number of benzene rings is 1. The lowest BCUT2D eigenvalue weighted by atomic mass is 10.1. The number of amides is 1. The molecule has 0 fully saturated rings. The smallest absolute Gasteiger partial charge is 0.237 e. The second-order valence-electron chi connectivity index (χ2n) is 6.28. The summed E-state index contributed by atoms with van der Waals surface area (Å²) in [7, 11) is 2.15. The molecule has 0 saturated carbocycles. The highest BCUT2D eigenvalue weighted by Gasteiger charge is 2.15. The van der Waals surface area contributed by atoms with Crippen molar-refractivity contribution in [3.8, 4) is 23.1 Å². The SMILES string of the molecule is COc1cc(OC)c(C=CS(=O)(=O)Cc2cnc(OC)c(NCC(N)=O)c2)c(OC)c1. The molecule has 0 spiro atoms. The van der Waals surface area contributed by atoms with Crippen molar-refractivity contribution in [3.63, 3.8) is 0 Å². The van der Waals surface area contributed by atoms with Crippen molar-refractivity contribution in [2.75, 3.05) is 40.3 Å². The Morgan fingerprint density at radius 2 is 1.71 bits per heavy atom. The minimum Gasteiger partial charge on any atom is -0.496 e. The molecule has 0 saturated heterocycles. The van der Waals surface area contributed by atoms with Gasteiger partial charge in [-0.3, -0.25) is 4.79 Å². The zero-order valence-corrected chi connectivity index (χ0v) is 18.5. The zero-order valence-electron chi connectivity index (χ0n) is 17.7. The fraction of sp³-hybridized carbons (Fsp3) is 0.300. The van der Waals surface area contributed by atoms with Gasteiger partial charge in [-0.05, 0) is 17.7 Å². The van der Waals surface area contributed by atoms with Crippen molar-refractivity contribution in [1.29, 1.82) is 0 Å². The molecule has 0 aliphatic heterocycles. The number of nitrogens with one attached hydrogen (secondary N) is 1. The number of sulfone groups is 1. The lowest BCUT2D eigenvalue weighted by Crippen LogP contribution is -2.22. The maximum atomic E-state index is 12.7. The fourth-order valence-corrected chi connectivity index (χ4v) is 3.76. The first-order valence-electron chi connectivity index (χ1n) is 8.99. The van der Waals surface area contributed by atoms with Gasteiger partial charge >= 0.3 is 0 Å². The van der Waals surface area contributed by atoms with Crippen molar-refractivity contribution in [1.82, 2.24) is 4.98 Å². The summed E-state index contributed by atoms with van der Waals surface area (Å²) in [4.78, 5) is 15.1. The van der Waals surface area contributed by atoms with Gasteiger partial charge in [0.15, 0.2) is 9.84 Å². The van der Waals surface area contributed by atoms with Gasteiger partial charge in [-0.25, -0.2) is 13.4 Å². The summed E-state index contributed by atoms with van der Waals surface area (Å²) in [6.45, 7) is -0.148. The van der Waals surface area contributed by atoms with Crippen LogP contribution < -0.4 is 30.0 Å². The molecule has 1 aromatic carbocycles. The number of hydrogen-bond donors (Lipinski definition) is 2. The van der Waals surface area contributed by atoms with E-state index in [0.29, 0.717) is 34.1 Å². The number of rotatable bonds is 11. The standard InChI is InChI=1S/C20H25N3O7S/c1-27-14-8-17(28-2)15(18(9-14)29-3)5-6-31(25,26)12-13-7-16(22-11-19(21)24)20(30-4)23-10-13/h5-10,22H,11-12H2,1-4H3,(H2,21,24). The Hall–Kier alpha value is -3.47. The van der Waals surface area contributed by atoms with Crippen LogP contribution in [0.25, 0.3) is 6.08 Å². The normalized spacial score (nSPS) is 11.2. The third-order valence-electron chi connectivity index (χ3n) is 4.12. The van der Waals surface area contributed by atoms with Gasteiger partial charge in [0.1, 0.15) is 17.2 Å². The number of ether oxygens (including phenoxy) is 4. The van der Waals surface area contributed by atoms with E-state index in [9.17, 15) is 13.2 Å². The van der Waals surface area contributed by atoms with Gasteiger partial charge in [-0.2, -0.15) is 0 Å². The average molecular weight is 452 g/mol. The quantitative estimate of drug-likeness (QED) is 0.521. The minimum atomic E-state index is -3.69. The van der Waals surface area contributed by atoms with E-state index in [4.69, 9.17) is 24.7 Å². The summed E-state index contributed by atoms with van der Waals surface area (Å²) in [5.74, 6) is 0.607. The second-order valence-corrected chi connectivity index (χ2v) is 8.16. The van der Waals surface area contributed by atoms with Crippen molar-refractivity contribution in [2.45, 2.75) is 5.75 Å². The van der Waals surface area contributed by atoms with Crippen LogP contribution in [-0.2, 0) is 20.4 Å². The van der Waals surface area contributed by atoms with Crippen LogP contribution in [0.3, 0.4) is 0 Å². The van der Waals surface area contributed by atoms with Crippen molar-refractivity contribution < 1.29 is 32.2 Å². The van der Waals surface area contributed by atoms with Gasteiger partial charge in [0, 0.05) is 23.7 Å². The molecule has 1 aromatic heterocycles. The second kappa shape index (κ2) is 10.5. The molecule has 1 heterocycles. The van der Waals surface area contributed by atoms with Crippen LogP contribution in [0.1, 0.15) is 11.1 Å². The summed E-state index contributed by atoms with van der Waals surface area (Å²) in [6.07, 6.45) is 2.78. The van der Waals surface area contributed by atoms with E-state index in [2.05, 4.69) is 10.3 Å². The Balaban J connectivity index is 2.31. The Bertz CT molecular complexity index is 1040. The van der Waals surface area contributed by atoms with E-state index in [-0.39, 0.29) is 18.2 Å². The summed E-state index contributed by atoms with van der Waals surface area (Å²) in [5, 5.41) is 3.84. The lowest BCUT2D eigenvalue weighted by molar-refractivity contribution is -0.116. The van der Waals surface area contributed by atoms with E-state index in [0.717, 1.165) is 5.41 Å². The highest BCUT2D eigenvalue weighted by atomic mass is 32.2. The number of hydrogen-bond acceptors (Lipinski definition) is 9. The Labute approximate surface area is 180 Å². The van der Waals surface area contributed by atoms with Crippen LogP contribution in [0.4, 0.5) is 5.69 Å². The van der Waals surface area contributed by atoms with Crippen molar-refractivity contribution in [2.24, 2.45) is 5.73 Å². The largest absolute Gasteiger partial charge is 0.496 e. The molecule has 2 aromatic rings. The van der Waals surface area contributed by atoms with Gasteiger partial charge in [0.25, 0.3) is 0 Å². The zero-order chi connectivity index (χ0) is 23.0. The molecular weight excluding hydrogens is 426 g/mol. The first kappa shape index (κ1) is 23.8. The molecule has 0 radical (unpaired) electrons. The molecule has 10 nitrogen and oxygen atoms in total. The number of nitrogens with zero attached hydrogens (tertiary/aromatic N) is 1. The van der Waals surface area contributed by atoms with E-state index in [1.807, 2.05) is 0 Å². The molecule has 1 amide bonds. The Morgan fingerprint density at radius 3 is 2.23 bits per heavy atom.